The number of rotatable bonds is 3. The number of halogens is 3. The fraction of sp³-hybridized carbons (Fsp3) is 0.273. The van der Waals surface area contributed by atoms with Gasteiger partial charge in [0.2, 0.25) is 0 Å². The molecule has 0 aliphatic heterocycles. The molecule has 0 bridgehead atoms. The monoisotopic (exact) mass is 256 g/mol. The zero-order valence-electron chi connectivity index (χ0n) is 9.57. The van der Waals surface area contributed by atoms with Crippen LogP contribution in [-0.4, -0.2) is 22.0 Å². The van der Waals surface area contributed by atoms with Crippen LogP contribution in [-0.2, 0) is 12.7 Å². The molecule has 2 aromatic rings. The molecule has 2 rings (SSSR count). The van der Waals surface area contributed by atoms with Gasteiger partial charge < -0.3 is 5.32 Å². The molecule has 0 aliphatic carbocycles. The van der Waals surface area contributed by atoms with Gasteiger partial charge in [0.15, 0.2) is 5.69 Å². The summed E-state index contributed by atoms with van der Waals surface area (Å²) in [6.45, 7) is 0.657. The van der Waals surface area contributed by atoms with Crippen molar-refractivity contribution >= 4 is 0 Å². The van der Waals surface area contributed by atoms with Crippen LogP contribution in [0.4, 0.5) is 13.2 Å². The van der Waals surface area contributed by atoms with Crippen LogP contribution < -0.4 is 5.32 Å². The quantitative estimate of drug-likeness (QED) is 0.913. The van der Waals surface area contributed by atoms with Crippen LogP contribution in [0.3, 0.4) is 0 Å². The molecule has 7 heteroatoms. The third-order valence-corrected chi connectivity index (χ3v) is 2.40. The highest BCUT2D eigenvalue weighted by Crippen LogP contribution is 2.29. The Morgan fingerprint density at radius 2 is 1.89 bits per heavy atom. The molecule has 4 nitrogen and oxygen atoms in total. The second-order valence-corrected chi connectivity index (χ2v) is 3.73. The molecular formula is C11H11F3N4. The molecule has 1 aromatic heterocycles. The minimum absolute atomic E-state index is 0.333. The molecule has 0 unspecified atom stereocenters. The molecular weight excluding hydrogens is 245 g/mol. The van der Waals surface area contributed by atoms with Crippen molar-refractivity contribution in [3.05, 3.63) is 41.7 Å². The first-order valence-corrected chi connectivity index (χ1v) is 5.24. The molecule has 0 saturated heterocycles. The summed E-state index contributed by atoms with van der Waals surface area (Å²) in [5.74, 6) is 0. The highest BCUT2D eigenvalue weighted by atomic mass is 19.4. The third kappa shape index (κ3) is 2.51. The van der Waals surface area contributed by atoms with E-state index >= 15 is 0 Å². The predicted octanol–water partition coefficient (Wildman–Crippen LogP) is 2.01. The maximum atomic E-state index is 12.7. The van der Waals surface area contributed by atoms with Crippen molar-refractivity contribution in [3.8, 4) is 5.69 Å². The zero-order chi connectivity index (χ0) is 13.2. The van der Waals surface area contributed by atoms with Gasteiger partial charge in [-0.15, -0.1) is 5.10 Å². The lowest BCUT2D eigenvalue weighted by molar-refractivity contribution is -0.142. The average Bonchev–Trinajstić information content (AvgIpc) is 2.79. The van der Waals surface area contributed by atoms with E-state index in [1.807, 2.05) is 0 Å². The molecule has 0 spiro atoms. The van der Waals surface area contributed by atoms with E-state index in [1.165, 1.54) is 0 Å². The number of benzene rings is 1. The predicted molar refractivity (Wildman–Crippen MR) is 59.1 cm³/mol. The smallest absolute Gasteiger partial charge is 0.316 e. The summed E-state index contributed by atoms with van der Waals surface area (Å²) in [5.41, 5.74) is 0.429. The van der Waals surface area contributed by atoms with Crippen LogP contribution in [0, 0.1) is 0 Å². The summed E-state index contributed by atoms with van der Waals surface area (Å²) in [7, 11) is 1.80. The summed E-state index contributed by atoms with van der Waals surface area (Å²) in [5, 5.41) is 9.72. The highest BCUT2D eigenvalue weighted by Gasteiger charge is 2.35. The Labute approximate surface area is 101 Å². The molecule has 0 aliphatic rings. The molecule has 0 fully saturated rings. The first-order valence-electron chi connectivity index (χ1n) is 5.24. The number of aromatic nitrogens is 3. The number of alkyl halides is 3. The normalized spacial score (nSPS) is 11.8. The topological polar surface area (TPSA) is 42.7 Å². The fourth-order valence-electron chi connectivity index (χ4n) is 1.58. The van der Waals surface area contributed by atoms with Crippen LogP contribution in [0.2, 0.25) is 0 Å². The lowest BCUT2D eigenvalue weighted by Gasteiger charge is -2.09. The van der Waals surface area contributed by atoms with E-state index in [0.717, 1.165) is 10.2 Å². The van der Waals surface area contributed by atoms with Gasteiger partial charge >= 0.3 is 6.18 Å². The molecule has 1 heterocycles. The summed E-state index contributed by atoms with van der Waals surface area (Å²) >= 11 is 0. The second kappa shape index (κ2) is 4.77. The first-order chi connectivity index (χ1) is 8.52. The molecule has 18 heavy (non-hydrogen) atoms. The Bertz CT molecular complexity index is 516. The van der Waals surface area contributed by atoms with E-state index in [-0.39, 0.29) is 0 Å². The summed E-state index contributed by atoms with van der Waals surface area (Å²) in [4.78, 5) is 0. The number of nitrogens with zero attached hydrogens (tertiary/aromatic N) is 3. The van der Waals surface area contributed by atoms with E-state index in [9.17, 15) is 13.2 Å². The van der Waals surface area contributed by atoms with Crippen LogP contribution in [0.1, 0.15) is 11.3 Å². The van der Waals surface area contributed by atoms with E-state index in [0.29, 0.717) is 18.4 Å². The molecule has 0 radical (unpaired) electrons. The molecule has 0 saturated carbocycles. The van der Waals surface area contributed by atoms with Crippen LogP contribution in [0.5, 0.6) is 0 Å². The second-order valence-electron chi connectivity index (χ2n) is 3.73. The summed E-state index contributed by atoms with van der Waals surface area (Å²) in [6.07, 6.45) is -3.76. The summed E-state index contributed by atoms with van der Waals surface area (Å²) < 4.78 is 38.8. The Morgan fingerprint density at radius 3 is 2.44 bits per heavy atom. The minimum atomic E-state index is -4.47. The van der Waals surface area contributed by atoms with Gasteiger partial charge in [-0.25, -0.2) is 4.68 Å². The number of hydrogen-bond acceptors (Lipinski definition) is 3. The maximum absolute atomic E-state index is 12.7. The standard InChI is InChI=1S/C11H11F3N4/c1-15-6-8-2-4-9(5-3-8)18-10(7-16-17-18)11(12,13)14/h2-5,7,15H,6H2,1H3. The largest absolute Gasteiger partial charge is 0.435 e. The van der Waals surface area contributed by atoms with Crippen molar-refractivity contribution in [2.45, 2.75) is 12.7 Å². The Balaban J connectivity index is 2.35. The van der Waals surface area contributed by atoms with Crippen molar-refractivity contribution in [1.82, 2.24) is 20.3 Å². The minimum Gasteiger partial charge on any atom is -0.316 e. The van der Waals surface area contributed by atoms with E-state index in [1.54, 1.807) is 31.3 Å². The lowest BCUT2D eigenvalue weighted by Crippen LogP contribution is -2.13. The van der Waals surface area contributed by atoms with Gasteiger partial charge in [0.05, 0.1) is 11.9 Å². The van der Waals surface area contributed by atoms with Crippen LogP contribution in [0.15, 0.2) is 30.5 Å². The van der Waals surface area contributed by atoms with Crippen molar-refractivity contribution in [1.29, 1.82) is 0 Å². The van der Waals surface area contributed by atoms with Crippen molar-refractivity contribution in [2.24, 2.45) is 0 Å². The van der Waals surface area contributed by atoms with E-state index in [4.69, 9.17) is 0 Å². The molecule has 1 aromatic carbocycles. The fourth-order valence-corrected chi connectivity index (χ4v) is 1.58. The van der Waals surface area contributed by atoms with Crippen molar-refractivity contribution in [2.75, 3.05) is 7.05 Å². The van der Waals surface area contributed by atoms with E-state index < -0.39 is 11.9 Å². The van der Waals surface area contributed by atoms with Gasteiger partial charge in [-0.3, -0.25) is 0 Å². The molecule has 0 amide bonds. The SMILES string of the molecule is CNCc1ccc(-n2nncc2C(F)(F)F)cc1. The summed E-state index contributed by atoms with van der Waals surface area (Å²) in [6, 6.07) is 6.65. The van der Waals surface area contributed by atoms with Gasteiger partial charge in [-0.2, -0.15) is 13.2 Å². The first kappa shape index (κ1) is 12.6. The Hall–Kier alpha value is -1.89. The Morgan fingerprint density at radius 1 is 1.22 bits per heavy atom. The van der Waals surface area contributed by atoms with Crippen molar-refractivity contribution in [3.63, 3.8) is 0 Å². The van der Waals surface area contributed by atoms with E-state index in [2.05, 4.69) is 15.6 Å². The number of nitrogens with one attached hydrogen (secondary N) is 1. The average molecular weight is 256 g/mol. The molecule has 1 N–H and O–H groups in total. The highest BCUT2D eigenvalue weighted by molar-refractivity contribution is 5.35. The van der Waals surface area contributed by atoms with Crippen LogP contribution >= 0.6 is 0 Å². The number of hydrogen-bond donors (Lipinski definition) is 1. The molecule has 96 valence electrons. The van der Waals surface area contributed by atoms with Gasteiger partial charge in [0.25, 0.3) is 0 Å². The third-order valence-electron chi connectivity index (χ3n) is 2.40. The van der Waals surface area contributed by atoms with Gasteiger partial charge in [-0.1, -0.05) is 17.3 Å². The van der Waals surface area contributed by atoms with Crippen molar-refractivity contribution < 1.29 is 13.2 Å². The maximum Gasteiger partial charge on any atom is 0.435 e. The van der Waals surface area contributed by atoms with Gasteiger partial charge in [-0.05, 0) is 24.7 Å². The van der Waals surface area contributed by atoms with Crippen LogP contribution in [0.25, 0.3) is 5.69 Å². The zero-order valence-corrected chi connectivity index (χ0v) is 9.57. The Kier molecular flexibility index (Phi) is 3.33. The van der Waals surface area contributed by atoms with Gasteiger partial charge in [0.1, 0.15) is 0 Å². The lowest BCUT2D eigenvalue weighted by atomic mass is 10.2. The molecule has 0 atom stereocenters. The van der Waals surface area contributed by atoms with Gasteiger partial charge in [0, 0.05) is 6.54 Å².